The zero-order valence-electron chi connectivity index (χ0n) is 16.7. The molecule has 0 bridgehead atoms. The second kappa shape index (κ2) is 7.37. The topological polar surface area (TPSA) is 93.0 Å². The minimum Gasteiger partial charge on any atom is -0.337 e. The van der Waals surface area contributed by atoms with Gasteiger partial charge in [-0.25, -0.2) is 4.98 Å². The Morgan fingerprint density at radius 2 is 1.77 bits per heavy atom. The number of carbonyl (C=O) groups excluding carboxylic acids is 2. The SMILES string of the molecule is Cc1cccc(C(=O)N2C[C@@H]3Cn4c(nnc4C(=O)Nc4ccccc4)C[C@H]3C2)n1. The third-order valence-corrected chi connectivity index (χ3v) is 5.90. The first-order valence-corrected chi connectivity index (χ1v) is 10.1. The fourth-order valence-corrected chi connectivity index (χ4v) is 4.39. The molecular formula is C22H22N6O2. The van der Waals surface area contributed by atoms with E-state index < -0.39 is 0 Å². The van der Waals surface area contributed by atoms with Crippen molar-refractivity contribution in [1.29, 1.82) is 0 Å². The van der Waals surface area contributed by atoms with Gasteiger partial charge < -0.3 is 14.8 Å². The number of aryl methyl sites for hydroxylation is 1. The number of nitrogens with zero attached hydrogens (tertiary/aromatic N) is 5. The first-order valence-electron chi connectivity index (χ1n) is 10.1. The highest BCUT2D eigenvalue weighted by atomic mass is 16.2. The van der Waals surface area contributed by atoms with E-state index in [4.69, 9.17) is 0 Å². The third-order valence-electron chi connectivity index (χ3n) is 5.90. The molecule has 152 valence electrons. The highest BCUT2D eigenvalue weighted by Gasteiger charge is 2.41. The summed E-state index contributed by atoms with van der Waals surface area (Å²) in [7, 11) is 0. The first kappa shape index (κ1) is 18.5. The number of hydrogen-bond donors (Lipinski definition) is 1. The summed E-state index contributed by atoms with van der Waals surface area (Å²) in [5, 5.41) is 11.3. The average molecular weight is 402 g/mol. The third kappa shape index (κ3) is 3.34. The van der Waals surface area contributed by atoms with E-state index in [2.05, 4.69) is 20.5 Å². The molecule has 2 aromatic heterocycles. The predicted octanol–water partition coefficient (Wildman–Crippen LogP) is 2.18. The van der Waals surface area contributed by atoms with Crippen molar-refractivity contribution in [1.82, 2.24) is 24.6 Å². The molecule has 2 amide bonds. The zero-order chi connectivity index (χ0) is 20.7. The molecule has 0 aliphatic carbocycles. The minimum absolute atomic E-state index is 0.0362. The molecule has 2 atom stereocenters. The number of fused-ring (bicyclic) bond motifs is 2. The van der Waals surface area contributed by atoms with Gasteiger partial charge in [0.1, 0.15) is 11.5 Å². The number of aromatic nitrogens is 4. The number of benzene rings is 1. The molecule has 0 unspecified atom stereocenters. The normalized spacial score (nSPS) is 19.8. The standard InChI is InChI=1S/C22H22N6O2/c1-14-6-5-9-18(23-14)22(30)27-11-15-10-19-25-26-20(28(19)13-16(15)12-27)21(29)24-17-7-3-2-4-8-17/h2-9,15-16H,10-13H2,1H3,(H,24,29)/t15-,16+/m0/s1. The molecule has 1 aromatic carbocycles. The van der Waals surface area contributed by atoms with Gasteiger partial charge in [-0.2, -0.15) is 0 Å². The van der Waals surface area contributed by atoms with Gasteiger partial charge in [0.05, 0.1) is 0 Å². The van der Waals surface area contributed by atoms with Crippen LogP contribution in [0.4, 0.5) is 5.69 Å². The van der Waals surface area contributed by atoms with Crippen LogP contribution in [-0.2, 0) is 13.0 Å². The number of carbonyl (C=O) groups is 2. The first-order chi connectivity index (χ1) is 14.6. The molecule has 4 heterocycles. The van der Waals surface area contributed by atoms with Crippen molar-refractivity contribution in [3.63, 3.8) is 0 Å². The van der Waals surface area contributed by atoms with Gasteiger partial charge in [0.2, 0.25) is 5.82 Å². The van der Waals surface area contributed by atoms with Gasteiger partial charge in [-0.3, -0.25) is 9.59 Å². The van der Waals surface area contributed by atoms with Crippen molar-refractivity contribution in [2.45, 2.75) is 19.9 Å². The van der Waals surface area contributed by atoms with Crippen molar-refractivity contribution in [2.24, 2.45) is 11.8 Å². The molecule has 0 radical (unpaired) electrons. The summed E-state index contributed by atoms with van der Waals surface area (Å²) in [5.41, 5.74) is 2.03. The van der Waals surface area contributed by atoms with Crippen LogP contribution in [0.3, 0.4) is 0 Å². The maximum absolute atomic E-state index is 12.9. The molecule has 0 saturated carbocycles. The molecule has 2 aliphatic heterocycles. The largest absolute Gasteiger partial charge is 0.337 e. The quantitative estimate of drug-likeness (QED) is 0.725. The molecule has 1 N–H and O–H groups in total. The van der Waals surface area contributed by atoms with Crippen molar-refractivity contribution in [3.05, 3.63) is 71.6 Å². The lowest BCUT2D eigenvalue weighted by atomic mass is 9.89. The van der Waals surface area contributed by atoms with Gasteiger partial charge in [0.25, 0.3) is 11.8 Å². The molecule has 2 aliphatic rings. The molecule has 5 rings (SSSR count). The molecule has 1 saturated heterocycles. The van der Waals surface area contributed by atoms with Crippen molar-refractivity contribution < 1.29 is 9.59 Å². The van der Waals surface area contributed by atoms with Gasteiger partial charge in [-0.1, -0.05) is 24.3 Å². The Labute approximate surface area is 173 Å². The lowest BCUT2D eigenvalue weighted by Gasteiger charge is -2.25. The van der Waals surface area contributed by atoms with Gasteiger partial charge in [0.15, 0.2) is 0 Å². The summed E-state index contributed by atoms with van der Waals surface area (Å²) in [6.07, 6.45) is 0.710. The number of nitrogens with one attached hydrogen (secondary N) is 1. The van der Waals surface area contributed by atoms with Crippen LogP contribution in [0.2, 0.25) is 0 Å². The van der Waals surface area contributed by atoms with Crippen LogP contribution in [-0.4, -0.2) is 49.6 Å². The smallest absolute Gasteiger partial charge is 0.293 e. The Kier molecular flexibility index (Phi) is 4.54. The number of likely N-dealkylation sites (tertiary alicyclic amines) is 1. The second-order valence-electron chi connectivity index (χ2n) is 7.97. The molecular weight excluding hydrogens is 380 g/mol. The summed E-state index contributed by atoms with van der Waals surface area (Å²) >= 11 is 0. The van der Waals surface area contributed by atoms with Crippen LogP contribution >= 0.6 is 0 Å². The molecule has 1 fully saturated rings. The monoisotopic (exact) mass is 402 g/mol. The van der Waals surface area contributed by atoms with Crippen molar-refractivity contribution in [2.75, 3.05) is 18.4 Å². The lowest BCUT2D eigenvalue weighted by molar-refractivity contribution is 0.0777. The van der Waals surface area contributed by atoms with E-state index in [1.165, 1.54) is 0 Å². The van der Waals surface area contributed by atoms with E-state index in [1.54, 1.807) is 6.07 Å². The van der Waals surface area contributed by atoms with Crippen LogP contribution < -0.4 is 5.32 Å². The fraction of sp³-hybridized carbons (Fsp3) is 0.318. The maximum Gasteiger partial charge on any atom is 0.293 e. The average Bonchev–Trinajstić information content (AvgIpc) is 3.35. The van der Waals surface area contributed by atoms with E-state index in [9.17, 15) is 9.59 Å². The van der Waals surface area contributed by atoms with E-state index in [-0.39, 0.29) is 17.7 Å². The Morgan fingerprint density at radius 1 is 0.967 bits per heavy atom. The van der Waals surface area contributed by atoms with Gasteiger partial charge >= 0.3 is 0 Å². The summed E-state index contributed by atoms with van der Waals surface area (Å²) in [6.45, 7) is 3.85. The number of amides is 2. The van der Waals surface area contributed by atoms with Crippen LogP contribution in [0.15, 0.2) is 48.5 Å². The van der Waals surface area contributed by atoms with Crippen molar-refractivity contribution in [3.8, 4) is 0 Å². The van der Waals surface area contributed by atoms with Crippen molar-refractivity contribution >= 4 is 17.5 Å². The molecule has 0 spiro atoms. The van der Waals surface area contributed by atoms with Gasteiger partial charge in [0, 0.05) is 37.4 Å². The van der Waals surface area contributed by atoms with Gasteiger partial charge in [-0.05, 0) is 43.0 Å². The summed E-state index contributed by atoms with van der Waals surface area (Å²) in [5.74, 6) is 1.40. The van der Waals surface area contributed by atoms with Gasteiger partial charge in [-0.15, -0.1) is 10.2 Å². The zero-order valence-corrected chi connectivity index (χ0v) is 16.7. The van der Waals surface area contributed by atoms with Crippen LogP contribution in [0.5, 0.6) is 0 Å². The Hall–Kier alpha value is -3.55. The number of hydrogen-bond acceptors (Lipinski definition) is 5. The lowest BCUT2D eigenvalue weighted by Crippen LogP contribution is -2.31. The summed E-state index contributed by atoms with van der Waals surface area (Å²) in [6, 6.07) is 14.8. The predicted molar refractivity (Wildman–Crippen MR) is 110 cm³/mol. The number of pyridine rings is 1. The summed E-state index contributed by atoms with van der Waals surface area (Å²) in [4.78, 5) is 31.9. The molecule has 8 nitrogen and oxygen atoms in total. The fourth-order valence-electron chi connectivity index (χ4n) is 4.39. The highest BCUT2D eigenvalue weighted by molar-refractivity contribution is 6.01. The van der Waals surface area contributed by atoms with E-state index in [0.717, 1.165) is 17.2 Å². The minimum atomic E-state index is -0.270. The number of anilines is 1. The highest BCUT2D eigenvalue weighted by Crippen LogP contribution is 2.33. The van der Waals surface area contributed by atoms with Crippen LogP contribution in [0, 0.1) is 18.8 Å². The van der Waals surface area contributed by atoms with E-state index in [0.29, 0.717) is 43.5 Å². The molecule has 3 aromatic rings. The molecule has 30 heavy (non-hydrogen) atoms. The van der Waals surface area contributed by atoms with Crippen LogP contribution in [0.1, 0.15) is 32.6 Å². The van der Waals surface area contributed by atoms with E-state index >= 15 is 0 Å². The second-order valence-corrected chi connectivity index (χ2v) is 7.97. The molecule has 8 heteroatoms. The van der Waals surface area contributed by atoms with Crippen LogP contribution in [0.25, 0.3) is 0 Å². The number of rotatable bonds is 3. The van der Waals surface area contributed by atoms with E-state index in [1.807, 2.05) is 58.9 Å². The Morgan fingerprint density at radius 3 is 2.57 bits per heavy atom. The Balaban J connectivity index is 1.31. The number of para-hydroxylation sites is 1. The maximum atomic E-state index is 12.9. The summed E-state index contributed by atoms with van der Waals surface area (Å²) < 4.78 is 1.90. The Bertz CT molecular complexity index is 1110.